The summed E-state index contributed by atoms with van der Waals surface area (Å²) >= 11 is 0. The Bertz CT molecular complexity index is 248. The third-order valence-electron chi connectivity index (χ3n) is 2.92. The van der Waals surface area contributed by atoms with E-state index in [-0.39, 0.29) is 11.9 Å². The first kappa shape index (κ1) is 12.8. The molecule has 1 rings (SSSR count). The van der Waals surface area contributed by atoms with E-state index in [1.807, 2.05) is 11.8 Å². The summed E-state index contributed by atoms with van der Waals surface area (Å²) < 4.78 is 0. The number of nitrogens with two attached hydrogens (primary N) is 1. The highest BCUT2D eigenvalue weighted by Gasteiger charge is 2.23. The largest absolute Gasteiger partial charge is 0.370 e. The van der Waals surface area contributed by atoms with Crippen LogP contribution in [0.15, 0.2) is 0 Å². The molecule has 5 nitrogen and oxygen atoms in total. The van der Waals surface area contributed by atoms with Crippen molar-refractivity contribution >= 4 is 11.9 Å². The third-order valence-corrected chi connectivity index (χ3v) is 2.92. The van der Waals surface area contributed by atoms with Gasteiger partial charge in [-0.1, -0.05) is 6.92 Å². The maximum atomic E-state index is 11.6. The zero-order chi connectivity index (χ0) is 12.0. The van der Waals surface area contributed by atoms with Gasteiger partial charge in [0.15, 0.2) is 0 Å². The summed E-state index contributed by atoms with van der Waals surface area (Å²) in [6.07, 6.45) is 3.15. The van der Waals surface area contributed by atoms with Gasteiger partial charge >= 0.3 is 6.03 Å². The van der Waals surface area contributed by atoms with Crippen LogP contribution in [0.25, 0.3) is 0 Å². The molecule has 0 bridgehead atoms. The third kappa shape index (κ3) is 4.08. The standard InChI is InChI=1S/C11H21N3O2/c1-2-5-13-11(16)14-6-3-9(4-7-14)8-10(12)15/h9H,2-8H2,1H3,(H2,12,15)(H,13,16). The Labute approximate surface area is 96.4 Å². The van der Waals surface area contributed by atoms with E-state index in [9.17, 15) is 9.59 Å². The quantitative estimate of drug-likeness (QED) is 0.741. The van der Waals surface area contributed by atoms with E-state index >= 15 is 0 Å². The Morgan fingerprint density at radius 1 is 1.38 bits per heavy atom. The molecule has 0 unspecified atom stereocenters. The van der Waals surface area contributed by atoms with Crippen LogP contribution in [0.3, 0.4) is 0 Å². The molecule has 92 valence electrons. The molecule has 16 heavy (non-hydrogen) atoms. The van der Waals surface area contributed by atoms with Gasteiger partial charge in [0.1, 0.15) is 0 Å². The van der Waals surface area contributed by atoms with E-state index in [4.69, 9.17) is 5.73 Å². The van der Waals surface area contributed by atoms with Crippen LogP contribution in [0.2, 0.25) is 0 Å². The lowest BCUT2D eigenvalue weighted by atomic mass is 9.93. The summed E-state index contributed by atoms with van der Waals surface area (Å²) in [5.74, 6) is 0.113. The summed E-state index contributed by atoms with van der Waals surface area (Å²) in [6.45, 7) is 4.21. The predicted octanol–water partition coefficient (Wildman–Crippen LogP) is 0.693. The van der Waals surface area contributed by atoms with Crippen molar-refractivity contribution in [3.05, 3.63) is 0 Å². The molecule has 3 N–H and O–H groups in total. The summed E-state index contributed by atoms with van der Waals surface area (Å²) in [5.41, 5.74) is 5.15. The number of urea groups is 1. The second-order valence-corrected chi connectivity index (χ2v) is 4.33. The lowest BCUT2D eigenvalue weighted by molar-refractivity contribution is -0.119. The molecule has 1 fully saturated rings. The maximum Gasteiger partial charge on any atom is 0.317 e. The van der Waals surface area contributed by atoms with E-state index in [1.165, 1.54) is 0 Å². The molecule has 0 spiro atoms. The number of carbonyl (C=O) groups is 2. The summed E-state index contributed by atoms with van der Waals surface area (Å²) in [6, 6.07) is 0.0133. The lowest BCUT2D eigenvalue weighted by Crippen LogP contribution is -2.45. The van der Waals surface area contributed by atoms with Crippen LogP contribution in [-0.4, -0.2) is 36.5 Å². The molecule has 1 saturated heterocycles. The van der Waals surface area contributed by atoms with Crippen LogP contribution in [0.1, 0.15) is 32.6 Å². The number of carbonyl (C=O) groups excluding carboxylic acids is 2. The summed E-state index contributed by atoms with van der Waals surface area (Å²) in [4.78, 5) is 24.2. The Balaban J connectivity index is 2.25. The molecule has 1 aliphatic heterocycles. The first-order chi connectivity index (χ1) is 7.63. The maximum absolute atomic E-state index is 11.6. The van der Waals surface area contributed by atoms with Crippen molar-refractivity contribution in [1.82, 2.24) is 10.2 Å². The number of rotatable bonds is 4. The van der Waals surface area contributed by atoms with Crippen molar-refractivity contribution in [3.63, 3.8) is 0 Å². The van der Waals surface area contributed by atoms with Crippen LogP contribution >= 0.6 is 0 Å². The van der Waals surface area contributed by atoms with Gasteiger partial charge in [-0.05, 0) is 25.2 Å². The van der Waals surface area contributed by atoms with Gasteiger partial charge in [-0.25, -0.2) is 4.79 Å². The van der Waals surface area contributed by atoms with Crippen LogP contribution in [0.5, 0.6) is 0 Å². The molecule has 0 aromatic carbocycles. The van der Waals surface area contributed by atoms with E-state index in [2.05, 4.69) is 5.32 Å². The van der Waals surface area contributed by atoms with E-state index in [0.29, 0.717) is 12.3 Å². The van der Waals surface area contributed by atoms with Gasteiger partial charge in [0, 0.05) is 26.1 Å². The van der Waals surface area contributed by atoms with Crippen LogP contribution in [0.4, 0.5) is 4.79 Å². The van der Waals surface area contributed by atoms with Crippen molar-refractivity contribution in [2.45, 2.75) is 32.6 Å². The number of likely N-dealkylation sites (tertiary alicyclic amines) is 1. The number of amides is 3. The average molecular weight is 227 g/mol. The number of primary amides is 1. The molecule has 0 aliphatic carbocycles. The van der Waals surface area contributed by atoms with Gasteiger partial charge in [-0.2, -0.15) is 0 Å². The van der Waals surface area contributed by atoms with Crippen LogP contribution < -0.4 is 11.1 Å². The molecule has 5 heteroatoms. The highest BCUT2D eigenvalue weighted by Crippen LogP contribution is 2.19. The van der Waals surface area contributed by atoms with Gasteiger partial charge < -0.3 is 16.0 Å². The van der Waals surface area contributed by atoms with Crippen molar-refractivity contribution < 1.29 is 9.59 Å². The Morgan fingerprint density at radius 2 is 2.00 bits per heavy atom. The number of nitrogens with one attached hydrogen (secondary N) is 1. The first-order valence-electron chi connectivity index (χ1n) is 5.94. The van der Waals surface area contributed by atoms with Crippen molar-refractivity contribution in [2.24, 2.45) is 11.7 Å². The molecule has 3 amide bonds. The highest BCUT2D eigenvalue weighted by molar-refractivity contribution is 5.75. The smallest absolute Gasteiger partial charge is 0.317 e. The number of nitrogens with zero attached hydrogens (tertiary/aromatic N) is 1. The predicted molar refractivity (Wildman–Crippen MR) is 61.8 cm³/mol. The molecule has 1 aliphatic rings. The molecule has 0 saturated carbocycles. The Morgan fingerprint density at radius 3 is 2.50 bits per heavy atom. The SMILES string of the molecule is CCCNC(=O)N1CCC(CC(N)=O)CC1. The van der Waals surface area contributed by atoms with Crippen molar-refractivity contribution in [1.29, 1.82) is 0 Å². The van der Waals surface area contributed by atoms with Crippen LogP contribution in [0, 0.1) is 5.92 Å². The van der Waals surface area contributed by atoms with Crippen LogP contribution in [-0.2, 0) is 4.79 Å². The minimum Gasteiger partial charge on any atom is -0.370 e. The summed E-state index contributed by atoms with van der Waals surface area (Å²) in [5, 5.41) is 2.85. The molecular weight excluding hydrogens is 206 g/mol. The fourth-order valence-electron chi connectivity index (χ4n) is 1.97. The second kappa shape index (κ2) is 6.35. The van der Waals surface area contributed by atoms with Gasteiger partial charge in [0.25, 0.3) is 0 Å². The Hall–Kier alpha value is -1.26. The normalized spacial score (nSPS) is 17.2. The van der Waals surface area contributed by atoms with E-state index in [1.54, 1.807) is 0 Å². The zero-order valence-electron chi connectivity index (χ0n) is 9.87. The van der Waals surface area contributed by atoms with Gasteiger partial charge in [-0.3, -0.25) is 4.79 Å². The zero-order valence-corrected chi connectivity index (χ0v) is 9.87. The number of hydrogen-bond acceptors (Lipinski definition) is 2. The minimum atomic E-state index is -0.242. The van der Waals surface area contributed by atoms with Gasteiger partial charge in [0.05, 0.1) is 0 Å². The second-order valence-electron chi connectivity index (χ2n) is 4.33. The van der Waals surface area contributed by atoms with Crippen molar-refractivity contribution in [3.8, 4) is 0 Å². The fourth-order valence-corrected chi connectivity index (χ4v) is 1.97. The topological polar surface area (TPSA) is 75.4 Å². The average Bonchev–Trinajstić information content (AvgIpc) is 2.26. The summed E-state index contributed by atoms with van der Waals surface area (Å²) in [7, 11) is 0. The van der Waals surface area contributed by atoms with E-state index in [0.717, 1.165) is 38.9 Å². The lowest BCUT2D eigenvalue weighted by Gasteiger charge is -2.31. The minimum absolute atomic E-state index is 0.0133. The fraction of sp³-hybridized carbons (Fsp3) is 0.818. The van der Waals surface area contributed by atoms with Gasteiger partial charge in [0.2, 0.25) is 5.91 Å². The van der Waals surface area contributed by atoms with Crippen molar-refractivity contribution in [2.75, 3.05) is 19.6 Å². The molecular formula is C11H21N3O2. The highest BCUT2D eigenvalue weighted by atomic mass is 16.2. The molecule has 0 aromatic heterocycles. The molecule has 0 atom stereocenters. The molecule has 0 aromatic rings. The number of hydrogen-bond donors (Lipinski definition) is 2. The van der Waals surface area contributed by atoms with Gasteiger partial charge in [-0.15, -0.1) is 0 Å². The first-order valence-corrected chi connectivity index (χ1v) is 5.94. The Kier molecular flexibility index (Phi) is 5.08. The molecule has 1 heterocycles. The number of piperidine rings is 1. The monoisotopic (exact) mass is 227 g/mol. The van der Waals surface area contributed by atoms with E-state index < -0.39 is 0 Å². The molecule has 0 radical (unpaired) electrons.